The van der Waals surface area contributed by atoms with Gasteiger partial charge in [-0.2, -0.15) is 0 Å². The van der Waals surface area contributed by atoms with Gasteiger partial charge in [0.25, 0.3) is 0 Å². The summed E-state index contributed by atoms with van der Waals surface area (Å²) < 4.78 is 9.00. The first-order valence-electron chi connectivity index (χ1n) is 4.64. The summed E-state index contributed by atoms with van der Waals surface area (Å²) in [7, 11) is 2.68. The Labute approximate surface area is 89.6 Å². The van der Waals surface area contributed by atoms with E-state index in [-0.39, 0.29) is 24.8 Å². The minimum Gasteiger partial charge on any atom is -0.469 e. The highest BCUT2D eigenvalue weighted by Gasteiger charge is 2.07. The van der Waals surface area contributed by atoms with Gasteiger partial charge in [0.05, 0.1) is 27.1 Å². The SMILES string of the molecule is C=CN(CCC(=O)OC)CCC(=O)OC. The van der Waals surface area contributed by atoms with Gasteiger partial charge in [-0.05, 0) is 6.20 Å². The molecule has 0 saturated heterocycles. The number of hydrogen-bond acceptors (Lipinski definition) is 5. The van der Waals surface area contributed by atoms with Gasteiger partial charge >= 0.3 is 11.9 Å². The fraction of sp³-hybridized carbons (Fsp3) is 0.600. The van der Waals surface area contributed by atoms with Gasteiger partial charge in [0.15, 0.2) is 0 Å². The molecule has 0 bridgehead atoms. The van der Waals surface area contributed by atoms with Gasteiger partial charge in [-0.1, -0.05) is 6.58 Å². The molecule has 0 fully saturated rings. The van der Waals surface area contributed by atoms with E-state index >= 15 is 0 Å². The largest absolute Gasteiger partial charge is 0.469 e. The Balaban J connectivity index is 3.78. The van der Waals surface area contributed by atoms with Crippen LogP contribution in [0, 0.1) is 0 Å². The Bertz CT molecular complexity index is 207. The van der Waals surface area contributed by atoms with Crippen LogP contribution in [0.5, 0.6) is 0 Å². The van der Waals surface area contributed by atoms with Crippen molar-refractivity contribution in [1.29, 1.82) is 0 Å². The van der Waals surface area contributed by atoms with Crippen LogP contribution in [-0.4, -0.2) is 44.1 Å². The second-order valence-corrected chi connectivity index (χ2v) is 2.87. The molecule has 0 N–H and O–H groups in total. The maximum absolute atomic E-state index is 10.9. The van der Waals surface area contributed by atoms with E-state index in [1.54, 1.807) is 11.1 Å². The number of methoxy groups -OCH3 is 2. The second kappa shape index (κ2) is 7.84. The average Bonchev–Trinajstić information content (AvgIpc) is 2.28. The Morgan fingerprint density at radius 2 is 1.53 bits per heavy atom. The molecule has 0 heterocycles. The van der Waals surface area contributed by atoms with Gasteiger partial charge in [-0.25, -0.2) is 0 Å². The van der Waals surface area contributed by atoms with Gasteiger partial charge in [0, 0.05) is 13.1 Å². The van der Waals surface area contributed by atoms with Crippen LogP contribution in [0.2, 0.25) is 0 Å². The molecule has 86 valence electrons. The van der Waals surface area contributed by atoms with Crippen LogP contribution in [0.25, 0.3) is 0 Å². The smallest absolute Gasteiger partial charge is 0.307 e. The van der Waals surface area contributed by atoms with E-state index in [0.29, 0.717) is 13.1 Å². The van der Waals surface area contributed by atoms with Gasteiger partial charge < -0.3 is 14.4 Å². The van der Waals surface area contributed by atoms with Crippen molar-refractivity contribution < 1.29 is 19.1 Å². The summed E-state index contributed by atoms with van der Waals surface area (Å²) in [5.74, 6) is -0.556. The summed E-state index contributed by atoms with van der Waals surface area (Å²) >= 11 is 0. The molecule has 0 atom stereocenters. The summed E-state index contributed by atoms with van der Waals surface area (Å²) in [6.45, 7) is 4.58. The van der Waals surface area contributed by atoms with Crippen LogP contribution in [0.3, 0.4) is 0 Å². The lowest BCUT2D eigenvalue weighted by atomic mass is 10.3. The Kier molecular flexibility index (Phi) is 7.05. The minimum atomic E-state index is -0.278. The molecule has 0 saturated carbocycles. The van der Waals surface area contributed by atoms with Crippen molar-refractivity contribution in [3.05, 3.63) is 12.8 Å². The first-order valence-corrected chi connectivity index (χ1v) is 4.64. The number of nitrogens with zero attached hydrogens (tertiary/aromatic N) is 1. The van der Waals surface area contributed by atoms with E-state index < -0.39 is 0 Å². The molecule has 0 unspecified atom stereocenters. The van der Waals surface area contributed by atoms with Crippen LogP contribution in [0.4, 0.5) is 0 Å². The van der Waals surface area contributed by atoms with Crippen LogP contribution < -0.4 is 0 Å². The van der Waals surface area contributed by atoms with Crippen molar-refractivity contribution in [2.75, 3.05) is 27.3 Å². The maximum atomic E-state index is 10.9. The summed E-state index contributed by atoms with van der Waals surface area (Å²) in [4.78, 5) is 23.5. The number of esters is 2. The average molecular weight is 215 g/mol. The van der Waals surface area contributed by atoms with Gasteiger partial charge in [0.2, 0.25) is 0 Å². The predicted molar refractivity (Wildman–Crippen MR) is 55.0 cm³/mol. The lowest BCUT2D eigenvalue weighted by Gasteiger charge is -2.18. The Morgan fingerprint density at radius 1 is 1.13 bits per heavy atom. The van der Waals surface area contributed by atoms with Crippen molar-refractivity contribution in [3.8, 4) is 0 Å². The fourth-order valence-corrected chi connectivity index (χ4v) is 0.968. The van der Waals surface area contributed by atoms with E-state index in [4.69, 9.17) is 0 Å². The second-order valence-electron chi connectivity index (χ2n) is 2.87. The molecule has 5 heteroatoms. The Hall–Kier alpha value is -1.52. The third-order valence-electron chi connectivity index (χ3n) is 1.92. The molecule has 0 radical (unpaired) electrons. The van der Waals surface area contributed by atoms with Crippen molar-refractivity contribution in [2.45, 2.75) is 12.8 Å². The van der Waals surface area contributed by atoms with E-state index in [9.17, 15) is 9.59 Å². The molecule has 0 spiro atoms. The highest BCUT2D eigenvalue weighted by molar-refractivity contribution is 5.70. The van der Waals surface area contributed by atoms with Crippen LogP contribution >= 0.6 is 0 Å². The maximum Gasteiger partial charge on any atom is 0.307 e. The zero-order valence-electron chi connectivity index (χ0n) is 9.19. The number of rotatable bonds is 7. The molecule has 0 aliphatic heterocycles. The number of ether oxygens (including phenoxy) is 2. The molecule has 0 amide bonds. The first kappa shape index (κ1) is 13.5. The quantitative estimate of drug-likeness (QED) is 0.581. The standard InChI is InChI=1S/C10H17NO4/c1-4-11(7-5-9(12)14-2)8-6-10(13)15-3/h4H,1,5-8H2,2-3H3. The van der Waals surface area contributed by atoms with Gasteiger partial charge in [-0.15, -0.1) is 0 Å². The molecular formula is C10H17NO4. The lowest BCUT2D eigenvalue weighted by molar-refractivity contribution is -0.140. The molecule has 0 aromatic heterocycles. The molecular weight excluding hydrogens is 198 g/mol. The molecule has 0 rings (SSSR count). The van der Waals surface area contributed by atoms with Crippen molar-refractivity contribution in [3.63, 3.8) is 0 Å². The fourth-order valence-electron chi connectivity index (χ4n) is 0.968. The molecule has 15 heavy (non-hydrogen) atoms. The van der Waals surface area contributed by atoms with Crippen LogP contribution in [0.1, 0.15) is 12.8 Å². The van der Waals surface area contributed by atoms with Crippen molar-refractivity contribution in [1.82, 2.24) is 4.90 Å². The third kappa shape index (κ3) is 6.54. The first-order chi connectivity index (χ1) is 7.13. The molecule has 0 aromatic carbocycles. The van der Waals surface area contributed by atoms with E-state index in [0.717, 1.165) is 0 Å². The van der Waals surface area contributed by atoms with Crippen molar-refractivity contribution in [2.24, 2.45) is 0 Å². The minimum absolute atomic E-state index is 0.278. The zero-order valence-corrected chi connectivity index (χ0v) is 9.19. The van der Waals surface area contributed by atoms with E-state index in [2.05, 4.69) is 16.1 Å². The summed E-state index contributed by atoms with van der Waals surface area (Å²) in [6.07, 6.45) is 2.15. The number of hydrogen-bond donors (Lipinski definition) is 0. The summed E-state index contributed by atoms with van der Waals surface area (Å²) in [5.41, 5.74) is 0. The summed E-state index contributed by atoms with van der Waals surface area (Å²) in [6, 6.07) is 0. The number of carbonyl (C=O) groups is 2. The summed E-state index contributed by atoms with van der Waals surface area (Å²) in [5, 5.41) is 0. The Morgan fingerprint density at radius 3 is 1.80 bits per heavy atom. The number of carbonyl (C=O) groups excluding carboxylic acids is 2. The van der Waals surface area contributed by atoms with Gasteiger partial charge in [0.1, 0.15) is 0 Å². The monoisotopic (exact) mass is 215 g/mol. The lowest BCUT2D eigenvalue weighted by Crippen LogP contribution is -2.24. The molecule has 0 aromatic rings. The molecule has 0 aliphatic carbocycles. The topological polar surface area (TPSA) is 55.8 Å². The zero-order chi connectivity index (χ0) is 11.7. The highest BCUT2D eigenvalue weighted by atomic mass is 16.5. The van der Waals surface area contributed by atoms with Gasteiger partial charge in [-0.3, -0.25) is 9.59 Å². The molecule has 0 aliphatic rings. The third-order valence-corrected chi connectivity index (χ3v) is 1.92. The van der Waals surface area contributed by atoms with Crippen LogP contribution in [0.15, 0.2) is 12.8 Å². The predicted octanol–water partition coefficient (Wildman–Crippen LogP) is 0.558. The normalized spacial score (nSPS) is 9.20. The van der Waals surface area contributed by atoms with Crippen molar-refractivity contribution >= 4 is 11.9 Å². The van der Waals surface area contributed by atoms with E-state index in [1.807, 2.05) is 0 Å². The van der Waals surface area contributed by atoms with E-state index in [1.165, 1.54) is 14.2 Å². The molecule has 5 nitrogen and oxygen atoms in total. The highest BCUT2D eigenvalue weighted by Crippen LogP contribution is 1.97. The van der Waals surface area contributed by atoms with Crippen LogP contribution in [-0.2, 0) is 19.1 Å².